The van der Waals surface area contributed by atoms with Gasteiger partial charge in [0.05, 0.1) is 5.56 Å². The highest BCUT2D eigenvalue weighted by molar-refractivity contribution is 5.92. The van der Waals surface area contributed by atoms with E-state index in [1.165, 1.54) is 6.20 Å². The molecule has 86 valence electrons. The van der Waals surface area contributed by atoms with Crippen molar-refractivity contribution >= 4 is 5.91 Å². The first kappa shape index (κ1) is 10.9. The number of hydrogen-bond acceptors (Lipinski definition) is 4. The number of carbonyl (C=O) groups excluding carboxylic acids is 1. The van der Waals surface area contributed by atoms with Crippen LogP contribution >= 0.6 is 0 Å². The molecule has 1 amide bonds. The number of primary amides is 1. The zero-order valence-electron chi connectivity index (χ0n) is 8.93. The molecule has 0 saturated heterocycles. The number of nitrogens with zero attached hydrogens (tertiary/aromatic N) is 1. The summed E-state index contributed by atoms with van der Waals surface area (Å²) in [6, 6.07) is 3.28. The molecule has 5 heteroatoms. The van der Waals surface area contributed by atoms with Gasteiger partial charge < -0.3 is 16.2 Å². The smallest absolute Gasteiger partial charge is 0.250 e. The second kappa shape index (κ2) is 4.49. The van der Waals surface area contributed by atoms with Gasteiger partial charge in [0, 0.05) is 12.3 Å². The highest BCUT2D eigenvalue weighted by Crippen LogP contribution is 2.29. The Morgan fingerprint density at radius 3 is 2.75 bits per heavy atom. The maximum absolute atomic E-state index is 10.8. The summed E-state index contributed by atoms with van der Waals surface area (Å²) in [5.41, 5.74) is 11.0. The lowest BCUT2D eigenvalue weighted by Crippen LogP contribution is -2.37. The monoisotopic (exact) mass is 221 g/mol. The number of aromatic nitrogens is 1. The summed E-state index contributed by atoms with van der Waals surface area (Å²) >= 11 is 0. The Balaban J connectivity index is 1.89. The van der Waals surface area contributed by atoms with Crippen LogP contribution in [0, 0.1) is 5.92 Å². The predicted molar refractivity (Wildman–Crippen MR) is 58.9 cm³/mol. The van der Waals surface area contributed by atoms with Gasteiger partial charge in [0.25, 0.3) is 0 Å². The van der Waals surface area contributed by atoms with Crippen molar-refractivity contribution in [1.29, 1.82) is 0 Å². The molecule has 16 heavy (non-hydrogen) atoms. The summed E-state index contributed by atoms with van der Waals surface area (Å²) in [7, 11) is 0. The second-order valence-corrected chi connectivity index (χ2v) is 4.06. The van der Waals surface area contributed by atoms with Crippen LogP contribution in [-0.2, 0) is 0 Å². The van der Waals surface area contributed by atoms with Crippen molar-refractivity contribution in [1.82, 2.24) is 4.98 Å². The Kier molecular flexibility index (Phi) is 3.05. The highest BCUT2D eigenvalue weighted by atomic mass is 16.5. The first-order chi connectivity index (χ1) is 7.69. The zero-order chi connectivity index (χ0) is 11.5. The van der Waals surface area contributed by atoms with Gasteiger partial charge in [-0.3, -0.25) is 4.79 Å². The molecule has 0 spiro atoms. The molecule has 1 aromatic heterocycles. The second-order valence-electron chi connectivity index (χ2n) is 4.06. The normalized spacial score (nSPS) is 23.6. The summed E-state index contributed by atoms with van der Waals surface area (Å²) in [6.45, 7) is 0.716. The van der Waals surface area contributed by atoms with Crippen molar-refractivity contribution in [2.45, 2.75) is 18.9 Å². The first-order valence-electron chi connectivity index (χ1n) is 5.31. The van der Waals surface area contributed by atoms with Crippen LogP contribution in [0.5, 0.6) is 5.88 Å². The van der Waals surface area contributed by atoms with E-state index in [9.17, 15) is 4.79 Å². The van der Waals surface area contributed by atoms with Crippen molar-refractivity contribution in [3.05, 3.63) is 23.9 Å². The predicted octanol–water partition coefficient (Wildman–Crippen LogP) is 0.297. The molecule has 1 saturated carbocycles. The van der Waals surface area contributed by atoms with Crippen molar-refractivity contribution in [3.8, 4) is 5.88 Å². The lowest BCUT2D eigenvalue weighted by molar-refractivity contribution is 0.0648. The molecule has 1 aromatic rings. The van der Waals surface area contributed by atoms with E-state index in [1.54, 1.807) is 12.1 Å². The fraction of sp³-hybridized carbons (Fsp3) is 0.455. The van der Waals surface area contributed by atoms with E-state index in [2.05, 4.69) is 4.98 Å². The molecule has 2 rings (SSSR count). The van der Waals surface area contributed by atoms with Gasteiger partial charge in [-0.15, -0.1) is 0 Å². The van der Waals surface area contributed by atoms with Gasteiger partial charge in [-0.2, -0.15) is 0 Å². The molecule has 1 aliphatic carbocycles. The number of ether oxygens (including phenoxy) is 1. The summed E-state index contributed by atoms with van der Waals surface area (Å²) in [4.78, 5) is 14.8. The largest absolute Gasteiger partial charge is 0.474 e. The molecule has 4 N–H and O–H groups in total. The lowest BCUT2D eigenvalue weighted by Gasteiger charge is -2.34. The van der Waals surface area contributed by atoms with Gasteiger partial charge in [0.2, 0.25) is 11.8 Å². The van der Waals surface area contributed by atoms with Gasteiger partial charge in [-0.1, -0.05) is 0 Å². The first-order valence-corrected chi connectivity index (χ1v) is 5.31. The molecule has 0 bridgehead atoms. The topological polar surface area (TPSA) is 91.2 Å². The number of amides is 1. The van der Waals surface area contributed by atoms with Gasteiger partial charge in [-0.25, -0.2) is 4.98 Å². The number of pyridine rings is 1. The molecular formula is C11H15N3O2. The minimum absolute atomic E-state index is 0.209. The molecule has 0 aromatic carbocycles. The van der Waals surface area contributed by atoms with E-state index in [0.717, 1.165) is 12.8 Å². The third-order valence-corrected chi connectivity index (χ3v) is 2.83. The molecule has 0 atom stereocenters. The van der Waals surface area contributed by atoms with Crippen molar-refractivity contribution in [2.75, 3.05) is 6.54 Å². The summed E-state index contributed by atoms with van der Waals surface area (Å²) in [5.74, 6) is 0.631. The standard InChI is InChI=1S/C11H15N3O2/c12-5-7-3-9(4-7)16-10-2-1-8(6-14-10)11(13)15/h1-2,6-7,9H,3-5,12H2,(H2,13,15). The number of nitrogens with two attached hydrogens (primary N) is 2. The number of carbonyl (C=O) groups is 1. The minimum atomic E-state index is -0.481. The molecule has 0 aliphatic heterocycles. The van der Waals surface area contributed by atoms with Crippen LogP contribution < -0.4 is 16.2 Å². The van der Waals surface area contributed by atoms with Gasteiger partial charge in [-0.05, 0) is 31.4 Å². The van der Waals surface area contributed by atoms with Crippen molar-refractivity contribution in [2.24, 2.45) is 17.4 Å². The summed E-state index contributed by atoms with van der Waals surface area (Å²) in [6.07, 6.45) is 3.60. The third-order valence-electron chi connectivity index (χ3n) is 2.83. The number of hydrogen-bond donors (Lipinski definition) is 2. The Morgan fingerprint density at radius 2 is 2.25 bits per heavy atom. The molecule has 5 nitrogen and oxygen atoms in total. The van der Waals surface area contributed by atoms with E-state index >= 15 is 0 Å². The number of rotatable bonds is 4. The zero-order valence-corrected chi connectivity index (χ0v) is 8.93. The van der Waals surface area contributed by atoms with E-state index in [0.29, 0.717) is 23.9 Å². The van der Waals surface area contributed by atoms with Crippen molar-refractivity contribution in [3.63, 3.8) is 0 Å². The van der Waals surface area contributed by atoms with Crippen LogP contribution in [0.15, 0.2) is 18.3 Å². The van der Waals surface area contributed by atoms with Gasteiger partial charge in [0.1, 0.15) is 6.10 Å². The Bertz CT molecular complexity index is 371. The average Bonchev–Trinajstić information content (AvgIpc) is 2.23. The van der Waals surface area contributed by atoms with E-state index in [-0.39, 0.29) is 6.10 Å². The van der Waals surface area contributed by atoms with Crippen LogP contribution in [0.2, 0.25) is 0 Å². The van der Waals surface area contributed by atoms with Gasteiger partial charge >= 0.3 is 0 Å². The maximum Gasteiger partial charge on any atom is 0.250 e. The Morgan fingerprint density at radius 1 is 1.50 bits per heavy atom. The fourth-order valence-corrected chi connectivity index (χ4v) is 1.73. The quantitative estimate of drug-likeness (QED) is 0.764. The van der Waals surface area contributed by atoms with Crippen LogP contribution in [0.4, 0.5) is 0 Å². The molecule has 1 heterocycles. The van der Waals surface area contributed by atoms with E-state index in [1.807, 2.05) is 0 Å². The highest BCUT2D eigenvalue weighted by Gasteiger charge is 2.29. The molecule has 1 aliphatic rings. The summed E-state index contributed by atoms with van der Waals surface area (Å²) in [5, 5.41) is 0. The van der Waals surface area contributed by atoms with Crippen molar-refractivity contribution < 1.29 is 9.53 Å². The Hall–Kier alpha value is -1.62. The van der Waals surface area contributed by atoms with E-state index < -0.39 is 5.91 Å². The fourth-order valence-electron chi connectivity index (χ4n) is 1.73. The maximum atomic E-state index is 10.8. The Labute approximate surface area is 93.8 Å². The van der Waals surface area contributed by atoms with Crippen LogP contribution in [0.3, 0.4) is 0 Å². The van der Waals surface area contributed by atoms with Crippen LogP contribution in [-0.4, -0.2) is 23.5 Å². The lowest BCUT2D eigenvalue weighted by atomic mass is 9.82. The third kappa shape index (κ3) is 2.30. The van der Waals surface area contributed by atoms with Crippen LogP contribution in [0.25, 0.3) is 0 Å². The van der Waals surface area contributed by atoms with E-state index in [4.69, 9.17) is 16.2 Å². The molecule has 0 radical (unpaired) electrons. The molecular weight excluding hydrogens is 206 g/mol. The van der Waals surface area contributed by atoms with Crippen LogP contribution in [0.1, 0.15) is 23.2 Å². The molecule has 0 unspecified atom stereocenters. The average molecular weight is 221 g/mol. The summed E-state index contributed by atoms with van der Waals surface area (Å²) < 4.78 is 5.60. The van der Waals surface area contributed by atoms with Gasteiger partial charge in [0.15, 0.2) is 0 Å². The minimum Gasteiger partial charge on any atom is -0.474 e. The molecule has 1 fully saturated rings. The SMILES string of the molecule is NCC1CC(Oc2ccc(C(N)=O)cn2)C1.